The van der Waals surface area contributed by atoms with Gasteiger partial charge in [-0.25, -0.2) is 4.98 Å². The molecule has 2 N–H and O–H groups in total. The van der Waals surface area contributed by atoms with E-state index in [4.69, 9.17) is 21.1 Å². The first kappa shape index (κ1) is 21.0. The van der Waals surface area contributed by atoms with Crippen LogP contribution in [0.25, 0.3) is 0 Å². The van der Waals surface area contributed by atoms with E-state index in [2.05, 4.69) is 20.6 Å². The minimum Gasteiger partial charge on any atom is -0.497 e. The average Bonchev–Trinajstić information content (AvgIpc) is 2.71. The summed E-state index contributed by atoms with van der Waals surface area (Å²) in [7, 11) is 3.43. The topological polar surface area (TPSA) is 67.8 Å². The summed E-state index contributed by atoms with van der Waals surface area (Å²) in [4.78, 5) is 8.30. The Bertz CT molecular complexity index is 690. The predicted molar refractivity (Wildman–Crippen MR) is 110 cm³/mol. The van der Waals surface area contributed by atoms with E-state index in [-0.39, 0.29) is 0 Å². The van der Waals surface area contributed by atoms with Gasteiger partial charge in [0.1, 0.15) is 10.9 Å². The molecule has 0 unspecified atom stereocenters. The summed E-state index contributed by atoms with van der Waals surface area (Å²) in [6, 6.07) is 11.7. The molecule has 7 heteroatoms. The Morgan fingerprint density at radius 1 is 1.07 bits per heavy atom. The quantitative estimate of drug-likeness (QED) is 0.282. The molecule has 27 heavy (non-hydrogen) atoms. The maximum absolute atomic E-state index is 5.79. The minimum absolute atomic E-state index is 0.512. The molecule has 0 atom stereocenters. The Morgan fingerprint density at radius 2 is 1.81 bits per heavy atom. The highest BCUT2D eigenvalue weighted by atomic mass is 35.5. The monoisotopic (exact) mass is 390 g/mol. The maximum Gasteiger partial charge on any atom is 0.190 e. The number of guanidine groups is 1. The smallest absolute Gasteiger partial charge is 0.190 e. The summed E-state index contributed by atoms with van der Waals surface area (Å²) in [6.45, 7) is 2.86. The molecule has 0 spiro atoms. The second-order valence-electron chi connectivity index (χ2n) is 5.92. The molecule has 6 nitrogen and oxygen atoms in total. The summed E-state index contributed by atoms with van der Waals surface area (Å²) < 4.78 is 10.8. The van der Waals surface area contributed by atoms with Crippen molar-refractivity contribution in [3.8, 4) is 5.75 Å². The lowest BCUT2D eigenvalue weighted by Crippen LogP contribution is -2.39. The molecule has 0 fully saturated rings. The lowest BCUT2D eigenvalue weighted by Gasteiger charge is -2.12. The summed E-state index contributed by atoms with van der Waals surface area (Å²) in [5.41, 5.74) is 2.27. The fourth-order valence-electron chi connectivity index (χ4n) is 2.39. The largest absolute Gasteiger partial charge is 0.497 e. The van der Waals surface area contributed by atoms with E-state index in [1.54, 1.807) is 26.4 Å². The van der Waals surface area contributed by atoms with Crippen LogP contribution in [0.15, 0.2) is 47.6 Å². The lowest BCUT2D eigenvalue weighted by molar-refractivity contribution is 0.119. The molecule has 1 heterocycles. The van der Waals surface area contributed by atoms with Crippen molar-refractivity contribution >= 4 is 17.6 Å². The van der Waals surface area contributed by atoms with E-state index in [1.807, 2.05) is 30.3 Å². The molecule has 0 aliphatic heterocycles. The number of nitrogens with zero attached hydrogens (tertiary/aromatic N) is 2. The third kappa shape index (κ3) is 8.28. The van der Waals surface area contributed by atoms with Crippen molar-refractivity contribution in [2.24, 2.45) is 4.99 Å². The van der Waals surface area contributed by atoms with E-state index in [0.29, 0.717) is 18.4 Å². The molecule has 2 aromatic rings. The van der Waals surface area contributed by atoms with Crippen LogP contribution >= 0.6 is 11.6 Å². The lowest BCUT2D eigenvalue weighted by atomic mass is 10.2. The van der Waals surface area contributed by atoms with Crippen LogP contribution in [0.3, 0.4) is 0 Å². The van der Waals surface area contributed by atoms with E-state index < -0.39 is 0 Å². The number of rotatable bonds is 10. The van der Waals surface area contributed by atoms with Crippen LogP contribution in [0.5, 0.6) is 5.75 Å². The number of benzene rings is 1. The fraction of sp³-hybridized carbons (Fsp3) is 0.400. The molecule has 0 bridgehead atoms. The van der Waals surface area contributed by atoms with E-state index in [0.717, 1.165) is 48.8 Å². The molecule has 0 amide bonds. The van der Waals surface area contributed by atoms with Crippen LogP contribution in [-0.2, 0) is 17.8 Å². The second-order valence-corrected chi connectivity index (χ2v) is 6.31. The van der Waals surface area contributed by atoms with Crippen molar-refractivity contribution in [2.45, 2.75) is 19.4 Å². The van der Waals surface area contributed by atoms with Crippen molar-refractivity contribution in [3.05, 3.63) is 58.9 Å². The summed E-state index contributed by atoms with van der Waals surface area (Å²) in [5, 5.41) is 7.08. The Hall–Kier alpha value is -2.31. The normalized spacial score (nSPS) is 11.3. The van der Waals surface area contributed by atoms with Gasteiger partial charge in [0.25, 0.3) is 0 Å². The number of hydrogen-bond donors (Lipinski definition) is 2. The number of pyridine rings is 1. The zero-order valence-electron chi connectivity index (χ0n) is 15.9. The Kier molecular flexibility index (Phi) is 9.44. The molecule has 1 aromatic heterocycles. The van der Waals surface area contributed by atoms with Gasteiger partial charge in [0.15, 0.2) is 5.96 Å². The Balaban J connectivity index is 1.54. The second kappa shape index (κ2) is 12.1. The van der Waals surface area contributed by atoms with Gasteiger partial charge >= 0.3 is 0 Å². The first-order valence-corrected chi connectivity index (χ1v) is 9.34. The fourth-order valence-corrected chi connectivity index (χ4v) is 2.50. The van der Waals surface area contributed by atoms with Crippen LogP contribution in [0.4, 0.5) is 0 Å². The first-order chi connectivity index (χ1) is 13.2. The molecule has 0 aliphatic rings. The zero-order chi connectivity index (χ0) is 19.3. The summed E-state index contributed by atoms with van der Waals surface area (Å²) in [5.74, 6) is 1.64. The van der Waals surface area contributed by atoms with Gasteiger partial charge in [-0.15, -0.1) is 0 Å². The third-order valence-electron chi connectivity index (χ3n) is 3.90. The van der Waals surface area contributed by atoms with Crippen LogP contribution in [0.2, 0.25) is 5.15 Å². The zero-order valence-corrected chi connectivity index (χ0v) is 16.6. The number of aliphatic imine (C=N–C) groups is 1. The van der Waals surface area contributed by atoms with Crippen LogP contribution < -0.4 is 15.4 Å². The molecule has 0 saturated heterocycles. The van der Waals surface area contributed by atoms with E-state index in [1.165, 1.54) is 0 Å². The highest BCUT2D eigenvalue weighted by Gasteiger charge is 1.99. The molecule has 0 radical (unpaired) electrons. The first-order valence-electron chi connectivity index (χ1n) is 8.97. The van der Waals surface area contributed by atoms with Crippen molar-refractivity contribution in [1.82, 2.24) is 15.6 Å². The SMILES string of the molecule is CN=C(NCCCOCc1ccc(OC)cc1)NCCc1ccc(Cl)nc1. The maximum atomic E-state index is 5.79. The Labute approximate surface area is 166 Å². The van der Waals surface area contributed by atoms with Crippen LogP contribution in [-0.4, -0.2) is 44.8 Å². The van der Waals surface area contributed by atoms with Crippen LogP contribution in [0, 0.1) is 0 Å². The third-order valence-corrected chi connectivity index (χ3v) is 4.13. The number of aromatic nitrogens is 1. The van der Waals surface area contributed by atoms with E-state index >= 15 is 0 Å². The molecular weight excluding hydrogens is 364 g/mol. The number of hydrogen-bond acceptors (Lipinski definition) is 4. The summed E-state index contributed by atoms with van der Waals surface area (Å²) >= 11 is 5.79. The molecule has 0 saturated carbocycles. The molecule has 1 aromatic carbocycles. The number of nitrogens with one attached hydrogen (secondary N) is 2. The average molecular weight is 391 g/mol. The highest BCUT2D eigenvalue weighted by Crippen LogP contribution is 2.11. The van der Waals surface area contributed by atoms with Gasteiger partial charge in [0.2, 0.25) is 0 Å². The van der Waals surface area contributed by atoms with Gasteiger partial charge in [0, 0.05) is 32.9 Å². The number of halogens is 1. The van der Waals surface area contributed by atoms with Gasteiger partial charge in [-0.05, 0) is 42.2 Å². The minimum atomic E-state index is 0.512. The van der Waals surface area contributed by atoms with Gasteiger partial charge in [-0.3, -0.25) is 4.99 Å². The van der Waals surface area contributed by atoms with Crippen molar-refractivity contribution in [2.75, 3.05) is 33.9 Å². The van der Waals surface area contributed by atoms with Crippen molar-refractivity contribution < 1.29 is 9.47 Å². The molecule has 0 aliphatic carbocycles. The molecular formula is C20H27ClN4O2. The molecule has 146 valence electrons. The number of ether oxygens (including phenoxy) is 2. The summed E-state index contributed by atoms with van der Waals surface area (Å²) in [6.07, 6.45) is 3.55. The van der Waals surface area contributed by atoms with Crippen molar-refractivity contribution in [1.29, 1.82) is 0 Å². The van der Waals surface area contributed by atoms with Gasteiger partial charge in [-0.1, -0.05) is 29.8 Å². The standard InChI is InChI=1S/C20H27ClN4O2/c1-22-20(24-12-10-16-6-9-19(21)25-14-16)23-11-3-13-27-15-17-4-7-18(26-2)8-5-17/h4-9,14H,3,10-13,15H2,1-2H3,(H2,22,23,24). The molecule has 2 rings (SSSR count). The van der Waals surface area contributed by atoms with Crippen LogP contribution in [0.1, 0.15) is 17.5 Å². The van der Waals surface area contributed by atoms with Gasteiger partial charge in [0.05, 0.1) is 13.7 Å². The van der Waals surface area contributed by atoms with Gasteiger partial charge < -0.3 is 20.1 Å². The van der Waals surface area contributed by atoms with Crippen molar-refractivity contribution in [3.63, 3.8) is 0 Å². The van der Waals surface area contributed by atoms with Gasteiger partial charge in [-0.2, -0.15) is 0 Å². The van der Waals surface area contributed by atoms with E-state index in [9.17, 15) is 0 Å². The predicted octanol–water partition coefficient (Wildman–Crippen LogP) is 3.06. The highest BCUT2D eigenvalue weighted by molar-refractivity contribution is 6.29. The number of methoxy groups -OCH3 is 1. The Morgan fingerprint density at radius 3 is 2.48 bits per heavy atom.